The average molecular weight is 296 g/mol. The third-order valence-electron chi connectivity index (χ3n) is 2.95. The third-order valence-corrected chi connectivity index (χ3v) is 2.95. The van der Waals surface area contributed by atoms with E-state index in [0.717, 1.165) is 6.42 Å². The fourth-order valence-electron chi connectivity index (χ4n) is 1.82. The van der Waals surface area contributed by atoms with Crippen molar-refractivity contribution in [3.05, 3.63) is 41.0 Å². The van der Waals surface area contributed by atoms with Crippen LogP contribution >= 0.6 is 0 Å². The lowest BCUT2D eigenvalue weighted by atomic mass is 10.2. The van der Waals surface area contributed by atoms with E-state index < -0.39 is 23.1 Å². The average Bonchev–Trinajstić information content (AvgIpc) is 2.39. The summed E-state index contributed by atoms with van der Waals surface area (Å²) in [5.74, 6) is -2.15. The van der Waals surface area contributed by atoms with Crippen molar-refractivity contribution in [1.29, 1.82) is 0 Å². The highest BCUT2D eigenvalue weighted by molar-refractivity contribution is 5.64. The number of nitrogen functional groups attached to an aromatic ring is 1. The van der Waals surface area contributed by atoms with E-state index in [2.05, 4.69) is 15.3 Å². The van der Waals surface area contributed by atoms with E-state index >= 15 is 0 Å². The summed E-state index contributed by atoms with van der Waals surface area (Å²) >= 11 is 0. The smallest absolute Gasteiger partial charge is 0.152 e. The number of hydrogen-bond acceptors (Lipinski definition) is 4. The summed E-state index contributed by atoms with van der Waals surface area (Å²) in [7, 11) is 0. The molecule has 0 radical (unpaired) electrons. The molecule has 21 heavy (non-hydrogen) atoms. The molecule has 7 heteroatoms. The number of aromatic nitrogens is 2. The fraction of sp³-hybridized carbons (Fsp3) is 0.286. The molecule has 0 aliphatic carbocycles. The molecule has 0 spiro atoms. The molecule has 2 aromatic rings. The van der Waals surface area contributed by atoms with Gasteiger partial charge in [0.25, 0.3) is 0 Å². The van der Waals surface area contributed by atoms with Crippen LogP contribution in [0.4, 0.5) is 30.5 Å². The first-order valence-corrected chi connectivity index (χ1v) is 6.47. The molecule has 112 valence electrons. The van der Waals surface area contributed by atoms with Gasteiger partial charge in [-0.3, -0.25) is 0 Å². The summed E-state index contributed by atoms with van der Waals surface area (Å²) in [6, 6.07) is 1.19. The van der Waals surface area contributed by atoms with Crippen LogP contribution < -0.4 is 11.1 Å². The van der Waals surface area contributed by atoms with Crippen LogP contribution in [0.1, 0.15) is 24.7 Å². The van der Waals surface area contributed by atoms with Crippen LogP contribution in [0.5, 0.6) is 0 Å². The molecular weight excluding hydrogens is 281 g/mol. The monoisotopic (exact) mass is 296 g/mol. The van der Waals surface area contributed by atoms with Crippen LogP contribution in [0.15, 0.2) is 12.1 Å². The number of benzene rings is 1. The van der Waals surface area contributed by atoms with Crippen molar-refractivity contribution in [2.45, 2.75) is 26.7 Å². The third kappa shape index (κ3) is 3.24. The molecule has 0 fully saturated rings. The van der Waals surface area contributed by atoms with Crippen LogP contribution in [0.25, 0.3) is 0 Å². The van der Waals surface area contributed by atoms with Crippen LogP contribution in [-0.2, 0) is 6.42 Å². The lowest BCUT2D eigenvalue weighted by Crippen LogP contribution is -2.08. The molecule has 4 nitrogen and oxygen atoms in total. The molecule has 0 unspecified atom stereocenters. The van der Waals surface area contributed by atoms with E-state index in [4.69, 9.17) is 5.73 Å². The molecule has 0 bridgehead atoms. The highest BCUT2D eigenvalue weighted by atomic mass is 19.1. The zero-order valence-corrected chi connectivity index (χ0v) is 11.7. The van der Waals surface area contributed by atoms with Crippen LogP contribution in [0.2, 0.25) is 0 Å². The first-order valence-electron chi connectivity index (χ1n) is 6.47. The molecule has 1 heterocycles. The second-order valence-corrected chi connectivity index (χ2v) is 4.62. The van der Waals surface area contributed by atoms with Gasteiger partial charge in [-0.15, -0.1) is 0 Å². The lowest BCUT2D eigenvalue weighted by Gasteiger charge is -2.13. The standard InChI is InChI=1S/C14H15F3N4/c1-3-4-11-19-13(18)7(2)14(20-11)21-12-9(16)5-8(15)6-10(12)17/h5-6H,3-4H2,1-2H3,(H3,18,19,20,21). The van der Waals surface area contributed by atoms with Crippen molar-refractivity contribution in [3.8, 4) is 0 Å². The number of anilines is 3. The Balaban J connectivity index is 2.44. The second kappa shape index (κ2) is 5.99. The van der Waals surface area contributed by atoms with Crippen LogP contribution in [0, 0.1) is 24.4 Å². The summed E-state index contributed by atoms with van der Waals surface area (Å²) < 4.78 is 40.2. The maximum absolute atomic E-state index is 13.7. The maximum atomic E-state index is 13.7. The number of aryl methyl sites for hydroxylation is 1. The van der Waals surface area contributed by atoms with Gasteiger partial charge < -0.3 is 11.1 Å². The van der Waals surface area contributed by atoms with Gasteiger partial charge in [-0.2, -0.15) is 0 Å². The number of nitrogens with one attached hydrogen (secondary N) is 1. The number of hydrogen-bond donors (Lipinski definition) is 2. The minimum Gasteiger partial charge on any atom is -0.383 e. The summed E-state index contributed by atoms with van der Waals surface area (Å²) in [6.07, 6.45) is 1.40. The van der Waals surface area contributed by atoms with Crippen molar-refractivity contribution in [2.24, 2.45) is 0 Å². The van der Waals surface area contributed by atoms with Gasteiger partial charge in [0.1, 0.15) is 29.0 Å². The molecule has 2 rings (SSSR count). The first kappa shape index (κ1) is 15.1. The van der Waals surface area contributed by atoms with Crippen molar-refractivity contribution in [1.82, 2.24) is 9.97 Å². The molecule has 0 amide bonds. The van der Waals surface area contributed by atoms with E-state index in [-0.39, 0.29) is 11.6 Å². The molecule has 3 N–H and O–H groups in total. The first-order chi connectivity index (χ1) is 9.92. The molecule has 0 aliphatic rings. The molecule has 1 aromatic carbocycles. The zero-order valence-electron chi connectivity index (χ0n) is 11.7. The number of nitrogens with two attached hydrogens (primary N) is 1. The summed E-state index contributed by atoms with van der Waals surface area (Å²) in [5.41, 5.74) is 5.77. The van der Waals surface area contributed by atoms with E-state index in [9.17, 15) is 13.2 Å². The fourth-order valence-corrected chi connectivity index (χ4v) is 1.82. The van der Waals surface area contributed by atoms with E-state index in [1.165, 1.54) is 0 Å². The van der Waals surface area contributed by atoms with Gasteiger partial charge in [-0.1, -0.05) is 6.92 Å². The Hall–Kier alpha value is -2.31. The van der Waals surface area contributed by atoms with E-state index in [1.807, 2.05) is 6.92 Å². The summed E-state index contributed by atoms with van der Waals surface area (Å²) in [6.45, 7) is 3.58. The van der Waals surface area contributed by atoms with E-state index in [0.29, 0.717) is 29.9 Å². The molecule has 1 aromatic heterocycles. The summed E-state index contributed by atoms with van der Waals surface area (Å²) in [4.78, 5) is 8.30. The van der Waals surface area contributed by atoms with E-state index in [1.54, 1.807) is 6.92 Å². The van der Waals surface area contributed by atoms with Gasteiger partial charge in [0, 0.05) is 24.1 Å². The highest BCUT2D eigenvalue weighted by Crippen LogP contribution is 2.27. The molecule has 0 aliphatic heterocycles. The Morgan fingerprint density at radius 3 is 2.33 bits per heavy atom. The number of nitrogens with zero attached hydrogens (tertiary/aromatic N) is 2. The molecule has 0 saturated carbocycles. The minimum atomic E-state index is -1.04. The Labute approximate surface area is 120 Å². The Kier molecular flexibility index (Phi) is 4.30. The Morgan fingerprint density at radius 1 is 1.14 bits per heavy atom. The van der Waals surface area contributed by atoms with Crippen molar-refractivity contribution < 1.29 is 13.2 Å². The Bertz CT molecular complexity index is 651. The van der Waals surface area contributed by atoms with Crippen LogP contribution in [-0.4, -0.2) is 9.97 Å². The van der Waals surface area contributed by atoms with Gasteiger partial charge in [0.15, 0.2) is 11.6 Å². The highest BCUT2D eigenvalue weighted by Gasteiger charge is 2.15. The second-order valence-electron chi connectivity index (χ2n) is 4.62. The predicted molar refractivity (Wildman–Crippen MR) is 74.8 cm³/mol. The lowest BCUT2D eigenvalue weighted by molar-refractivity contribution is 0.548. The van der Waals surface area contributed by atoms with Crippen molar-refractivity contribution in [3.63, 3.8) is 0 Å². The largest absolute Gasteiger partial charge is 0.383 e. The zero-order chi connectivity index (χ0) is 15.6. The number of rotatable bonds is 4. The molecule has 0 atom stereocenters. The minimum absolute atomic E-state index is 0.204. The van der Waals surface area contributed by atoms with Crippen molar-refractivity contribution in [2.75, 3.05) is 11.1 Å². The normalized spacial score (nSPS) is 10.7. The number of halogens is 3. The molecule has 0 saturated heterocycles. The van der Waals surface area contributed by atoms with Gasteiger partial charge in [0.2, 0.25) is 0 Å². The predicted octanol–water partition coefficient (Wildman–Crippen LogP) is 3.48. The Morgan fingerprint density at radius 2 is 1.76 bits per heavy atom. The summed E-state index contributed by atoms with van der Waals surface area (Å²) in [5, 5.41) is 2.53. The van der Waals surface area contributed by atoms with Gasteiger partial charge in [-0.25, -0.2) is 23.1 Å². The van der Waals surface area contributed by atoms with Gasteiger partial charge in [0.05, 0.1) is 0 Å². The van der Waals surface area contributed by atoms with Gasteiger partial charge in [-0.05, 0) is 13.3 Å². The quantitative estimate of drug-likeness (QED) is 0.906. The van der Waals surface area contributed by atoms with Crippen molar-refractivity contribution >= 4 is 17.3 Å². The maximum Gasteiger partial charge on any atom is 0.152 e. The SMILES string of the molecule is CCCc1nc(N)c(C)c(Nc2c(F)cc(F)cc2F)n1. The van der Waals surface area contributed by atoms with Crippen LogP contribution in [0.3, 0.4) is 0 Å². The molecular formula is C14H15F3N4. The van der Waals surface area contributed by atoms with Gasteiger partial charge >= 0.3 is 0 Å². The topological polar surface area (TPSA) is 63.8 Å².